The lowest BCUT2D eigenvalue weighted by molar-refractivity contribution is 0.800. The number of hydrogen-bond donors (Lipinski definition) is 2. The van der Waals surface area contributed by atoms with Crippen molar-refractivity contribution < 1.29 is 0 Å². The van der Waals surface area contributed by atoms with Crippen molar-refractivity contribution in [3.63, 3.8) is 0 Å². The van der Waals surface area contributed by atoms with E-state index in [1.807, 2.05) is 18.2 Å². The Balaban J connectivity index is 1.70. The van der Waals surface area contributed by atoms with Crippen LogP contribution in [0.15, 0.2) is 58.3 Å². The van der Waals surface area contributed by atoms with Gasteiger partial charge in [-0.2, -0.15) is 0 Å². The fourth-order valence-electron chi connectivity index (χ4n) is 2.71. The van der Waals surface area contributed by atoms with Gasteiger partial charge in [0.05, 0.1) is 24.1 Å². The van der Waals surface area contributed by atoms with Crippen molar-refractivity contribution in [1.29, 1.82) is 0 Å². The Morgan fingerprint density at radius 1 is 1.17 bits per heavy atom. The topological polar surface area (TPSA) is 54.2 Å². The molecule has 0 unspecified atom stereocenters. The molecule has 0 saturated heterocycles. The van der Waals surface area contributed by atoms with Crippen molar-refractivity contribution in [3.8, 4) is 0 Å². The first-order chi connectivity index (χ1) is 11.3. The van der Waals surface area contributed by atoms with E-state index in [2.05, 4.69) is 71.4 Å². The molecule has 5 nitrogen and oxygen atoms in total. The van der Waals surface area contributed by atoms with Crippen LogP contribution in [0.5, 0.6) is 0 Å². The molecule has 0 saturated carbocycles. The Morgan fingerprint density at radius 3 is 2.83 bits per heavy atom. The Kier molecular flexibility index (Phi) is 3.75. The minimum atomic E-state index is 0.778. The predicted molar refractivity (Wildman–Crippen MR) is 96.9 cm³/mol. The van der Waals surface area contributed by atoms with Crippen LogP contribution < -0.4 is 10.6 Å². The largest absolute Gasteiger partial charge is 0.354 e. The van der Waals surface area contributed by atoms with Gasteiger partial charge in [-0.15, -0.1) is 0 Å². The molecule has 23 heavy (non-hydrogen) atoms. The predicted octanol–water partition coefficient (Wildman–Crippen LogP) is 3.22. The van der Waals surface area contributed by atoms with E-state index in [-0.39, 0.29) is 0 Å². The number of nitrogens with one attached hydrogen (secondary N) is 2. The molecule has 6 heteroatoms. The highest BCUT2D eigenvalue weighted by atomic mass is 79.9. The summed E-state index contributed by atoms with van der Waals surface area (Å²) in [4.78, 5) is 8.96. The first kappa shape index (κ1) is 14.3. The molecule has 4 rings (SSSR count). The van der Waals surface area contributed by atoms with E-state index in [4.69, 9.17) is 0 Å². The Bertz CT molecular complexity index is 869. The second-order valence-electron chi connectivity index (χ2n) is 5.44. The molecule has 0 spiro atoms. The molecule has 0 bridgehead atoms. The lowest BCUT2D eigenvalue weighted by Crippen LogP contribution is -2.26. The average Bonchev–Trinajstić information content (AvgIpc) is 3.18. The van der Waals surface area contributed by atoms with Crippen LogP contribution in [-0.2, 0) is 6.54 Å². The third kappa shape index (κ3) is 2.94. The molecule has 0 aliphatic carbocycles. The molecule has 0 fully saturated rings. The quantitative estimate of drug-likeness (QED) is 0.745. The number of fused-ring (bicyclic) bond motifs is 1. The van der Waals surface area contributed by atoms with Gasteiger partial charge in [0.15, 0.2) is 10.7 Å². The van der Waals surface area contributed by atoms with E-state index in [9.17, 15) is 0 Å². The summed E-state index contributed by atoms with van der Waals surface area (Å²) in [5.74, 6) is 0.831. The van der Waals surface area contributed by atoms with Crippen LogP contribution in [0.3, 0.4) is 0 Å². The molecule has 0 radical (unpaired) electrons. The summed E-state index contributed by atoms with van der Waals surface area (Å²) in [6.45, 7) is 2.49. The van der Waals surface area contributed by atoms with Gasteiger partial charge in [-0.1, -0.05) is 30.3 Å². The molecule has 1 aliphatic heterocycles. The van der Waals surface area contributed by atoms with Gasteiger partial charge in [0, 0.05) is 12.2 Å². The molecular formula is C17H16BrN5. The Labute approximate surface area is 142 Å². The van der Waals surface area contributed by atoms with E-state index in [1.54, 1.807) is 0 Å². The summed E-state index contributed by atoms with van der Waals surface area (Å²) in [5.41, 5.74) is 4.31. The fraction of sp³-hybridized carbons (Fsp3) is 0.176. The molecule has 3 aromatic rings. The number of aliphatic imine (C=N–C) groups is 1. The van der Waals surface area contributed by atoms with Crippen molar-refractivity contribution in [2.45, 2.75) is 6.54 Å². The minimum absolute atomic E-state index is 0.778. The van der Waals surface area contributed by atoms with Gasteiger partial charge in [0.2, 0.25) is 0 Å². The van der Waals surface area contributed by atoms with E-state index in [0.29, 0.717) is 0 Å². The first-order valence-electron chi connectivity index (χ1n) is 7.55. The van der Waals surface area contributed by atoms with Gasteiger partial charge in [0.25, 0.3) is 0 Å². The zero-order chi connectivity index (χ0) is 15.6. The number of halogens is 1. The van der Waals surface area contributed by atoms with Crippen LogP contribution in [0, 0.1) is 0 Å². The summed E-state index contributed by atoms with van der Waals surface area (Å²) in [5, 5.41) is 6.54. The SMILES string of the molecule is Brc1nc2ccc(NC3=NCCN3)cc2n1Cc1ccccc1. The maximum Gasteiger partial charge on any atom is 0.195 e. The van der Waals surface area contributed by atoms with Gasteiger partial charge < -0.3 is 15.2 Å². The third-order valence-electron chi connectivity index (χ3n) is 3.82. The molecule has 1 aromatic heterocycles. The van der Waals surface area contributed by atoms with Crippen LogP contribution in [-0.4, -0.2) is 28.6 Å². The number of rotatable bonds is 3. The monoisotopic (exact) mass is 369 g/mol. The van der Waals surface area contributed by atoms with Crippen LogP contribution in [0.2, 0.25) is 0 Å². The zero-order valence-corrected chi connectivity index (χ0v) is 14.0. The van der Waals surface area contributed by atoms with Crippen LogP contribution in [0.25, 0.3) is 11.0 Å². The lowest BCUT2D eigenvalue weighted by atomic mass is 10.2. The number of benzene rings is 2. The Morgan fingerprint density at radius 2 is 2.04 bits per heavy atom. The molecular weight excluding hydrogens is 354 g/mol. The van der Waals surface area contributed by atoms with Crippen molar-refractivity contribution in [3.05, 3.63) is 58.8 Å². The van der Waals surface area contributed by atoms with Gasteiger partial charge in [-0.3, -0.25) is 4.99 Å². The summed E-state index contributed by atoms with van der Waals surface area (Å²) in [6, 6.07) is 16.5. The first-order valence-corrected chi connectivity index (χ1v) is 8.34. The number of imidazole rings is 1. The summed E-state index contributed by atoms with van der Waals surface area (Å²) in [7, 11) is 0. The molecule has 116 valence electrons. The zero-order valence-electron chi connectivity index (χ0n) is 12.5. The third-order valence-corrected chi connectivity index (χ3v) is 4.43. The Hall–Kier alpha value is -2.34. The minimum Gasteiger partial charge on any atom is -0.354 e. The summed E-state index contributed by atoms with van der Waals surface area (Å²) >= 11 is 3.58. The summed E-state index contributed by atoms with van der Waals surface area (Å²) < 4.78 is 3.00. The molecule has 1 aliphatic rings. The van der Waals surface area contributed by atoms with Gasteiger partial charge in [0.1, 0.15) is 0 Å². The number of nitrogens with zero attached hydrogens (tertiary/aromatic N) is 3. The number of hydrogen-bond acceptors (Lipinski definition) is 4. The average molecular weight is 370 g/mol. The summed E-state index contributed by atoms with van der Waals surface area (Å²) in [6.07, 6.45) is 0. The van der Waals surface area contributed by atoms with Crippen LogP contribution >= 0.6 is 15.9 Å². The van der Waals surface area contributed by atoms with E-state index in [1.165, 1.54) is 5.56 Å². The lowest BCUT2D eigenvalue weighted by Gasteiger charge is -2.09. The molecule has 0 amide bonds. The number of guanidine groups is 1. The molecule has 2 aromatic carbocycles. The second-order valence-corrected chi connectivity index (χ2v) is 6.15. The molecule has 2 heterocycles. The molecule has 0 atom stereocenters. The van der Waals surface area contributed by atoms with Gasteiger partial charge in [-0.25, -0.2) is 4.98 Å². The highest BCUT2D eigenvalue weighted by Gasteiger charge is 2.11. The van der Waals surface area contributed by atoms with E-state index >= 15 is 0 Å². The second kappa shape index (κ2) is 6.04. The maximum absolute atomic E-state index is 4.59. The maximum atomic E-state index is 4.59. The van der Waals surface area contributed by atoms with Crippen molar-refractivity contribution in [1.82, 2.24) is 14.9 Å². The highest BCUT2D eigenvalue weighted by molar-refractivity contribution is 9.10. The van der Waals surface area contributed by atoms with Crippen molar-refractivity contribution in [2.75, 3.05) is 18.4 Å². The van der Waals surface area contributed by atoms with Crippen LogP contribution in [0.4, 0.5) is 5.69 Å². The van der Waals surface area contributed by atoms with Gasteiger partial charge >= 0.3 is 0 Å². The van der Waals surface area contributed by atoms with E-state index < -0.39 is 0 Å². The highest BCUT2D eigenvalue weighted by Crippen LogP contribution is 2.24. The van der Waals surface area contributed by atoms with Crippen molar-refractivity contribution >= 4 is 38.6 Å². The number of anilines is 1. The van der Waals surface area contributed by atoms with Gasteiger partial charge in [-0.05, 0) is 39.7 Å². The standard InChI is InChI=1S/C17H16BrN5/c18-16-22-14-7-6-13(21-17-19-8-9-20-17)10-15(14)23(16)11-12-4-2-1-3-5-12/h1-7,10H,8-9,11H2,(H2,19,20,21). The number of aromatic nitrogens is 2. The fourth-order valence-corrected chi connectivity index (χ4v) is 3.21. The van der Waals surface area contributed by atoms with Crippen LogP contribution in [0.1, 0.15) is 5.56 Å². The molecule has 2 N–H and O–H groups in total. The van der Waals surface area contributed by atoms with Crippen molar-refractivity contribution in [2.24, 2.45) is 4.99 Å². The normalized spacial score (nSPS) is 13.9. The van der Waals surface area contributed by atoms with E-state index in [0.717, 1.165) is 47.0 Å². The smallest absolute Gasteiger partial charge is 0.195 e.